The monoisotopic (exact) mass is 515 g/mol. The number of aliphatic hydroxyl groups excluding tert-OH is 1. The van der Waals surface area contributed by atoms with Crippen LogP contribution in [0.4, 0.5) is 0 Å². The Balaban J connectivity index is 1.50. The van der Waals surface area contributed by atoms with Gasteiger partial charge in [-0.15, -0.1) is 0 Å². The van der Waals surface area contributed by atoms with Gasteiger partial charge in [0.25, 0.3) is 0 Å². The number of aromatic nitrogens is 3. The number of hydrogen-bond donors (Lipinski definition) is 1. The standard InChI is InChI=1S/C31H41N5O2/c1-23-6-2-3-9-26(10-4-7-23)28-29(27-13-11-24(20-32)12-14-27)34-31(36-17-15-33-30(28)36)38-22-25-8-5-16-35(21-25)18-19-37/h11-15,17,23,25-26,37H,2-10,16,18-19,21-22H2,1H3. The van der Waals surface area contributed by atoms with Crippen LogP contribution in [0.2, 0.25) is 0 Å². The Morgan fingerprint density at radius 2 is 1.84 bits per heavy atom. The summed E-state index contributed by atoms with van der Waals surface area (Å²) in [7, 11) is 0. The molecule has 1 saturated carbocycles. The zero-order chi connectivity index (χ0) is 26.3. The molecule has 7 nitrogen and oxygen atoms in total. The van der Waals surface area contributed by atoms with Gasteiger partial charge in [0, 0.05) is 42.5 Å². The van der Waals surface area contributed by atoms with E-state index in [1.54, 1.807) is 0 Å². The van der Waals surface area contributed by atoms with Crippen LogP contribution in [0.1, 0.15) is 81.8 Å². The number of aliphatic hydroxyl groups is 1. The molecule has 2 fully saturated rings. The highest BCUT2D eigenvalue weighted by atomic mass is 16.5. The van der Waals surface area contributed by atoms with Crippen molar-refractivity contribution in [2.45, 2.75) is 70.6 Å². The van der Waals surface area contributed by atoms with Gasteiger partial charge >= 0.3 is 6.01 Å². The highest BCUT2D eigenvalue weighted by molar-refractivity contribution is 5.72. The van der Waals surface area contributed by atoms with Gasteiger partial charge < -0.3 is 14.7 Å². The molecule has 1 aliphatic carbocycles. The van der Waals surface area contributed by atoms with Crippen molar-refractivity contribution >= 4 is 5.65 Å². The number of rotatable bonds is 7. The highest BCUT2D eigenvalue weighted by Crippen LogP contribution is 2.40. The summed E-state index contributed by atoms with van der Waals surface area (Å²) in [6.45, 7) is 5.87. The van der Waals surface area contributed by atoms with E-state index in [2.05, 4.69) is 17.9 Å². The Morgan fingerprint density at radius 1 is 1.05 bits per heavy atom. The minimum Gasteiger partial charge on any atom is -0.464 e. The Bertz CT molecular complexity index is 1230. The van der Waals surface area contributed by atoms with Crippen molar-refractivity contribution < 1.29 is 9.84 Å². The lowest BCUT2D eigenvalue weighted by molar-refractivity contribution is 0.107. The van der Waals surface area contributed by atoms with Crippen LogP contribution < -0.4 is 4.74 Å². The third-order valence-corrected chi connectivity index (χ3v) is 8.46. The van der Waals surface area contributed by atoms with Crippen molar-refractivity contribution in [3.8, 4) is 23.3 Å². The Morgan fingerprint density at radius 3 is 2.66 bits per heavy atom. The molecule has 0 spiro atoms. The largest absolute Gasteiger partial charge is 0.464 e. The van der Waals surface area contributed by atoms with E-state index in [1.807, 2.05) is 41.1 Å². The summed E-state index contributed by atoms with van der Waals surface area (Å²) in [5.74, 6) is 1.59. The number of nitriles is 1. The SMILES string of the molecule is CC1CCCCC(c2c(-c3ccc(C#N)cc3)nc(OCC3CCCN(CCO)C3)n3ccnc23)CCC1. The lowest BCUT2D eigenvalue weighted by Gasteiger charge is -2.32. The Kier molecular flexibility index (Phi) is 8.93. The van der Waals surface area contributed by atoms with E-state index in [0.717, 1.165) is 68.1 Å². The van der Waals surface area contributed by atoms with Gasteiger partial charge in [0.1, 0.15) is 5.65 Å². The van der Waals surface area contributed by atoms with Gasteiger partial charge in [-0.3, -0.25) is 4.40 Å². The lowest BCUT2D eigenvalue weighted by Crippen LogP contribution is -2.39. The van der Waals surface area contributed by atoms with Crippen LogP contribution in [0, 0.1) is 23.2 Å². The van der Waals surface area contributed by atoms with Crippen molar-refractivity contribution in [3.05, 3.63) is 47.8 Å². The number of fused-ring (bicyclic) bond motifs is 1. The third kappa shape index (κ3) is 6.19. The van der Waals surface area contributed by atoms with Crippen molar-refractivity contribution in [1.29, 1.82) is 5.26 Å². The minimum absolute atomic E-state index is 0.195. The molecule has 2 aromatic heterocycles. The molecule has 0 radical (unpaired) electrons. The van der Waals surface area contributed by atoms with Gasteiger partial charge in [-0.1, -0.05) is 51.2 Å². The molecule has 0 bridgehead atoms. The number of hydrogen-bond acceptors (Lipinski definition) is 6. The number of imidazole rings is 1. The molecular weight excluding hydrogens is 474 g/mol. The first kappa shape index (κ1) is 26.6. The predicted octanol–water partition coefficient (Wildman–Crippen LogP) is 5.82. The molecule has 3 unspecified atom stereocenters. The van der Waals surface area contributed by atoms with Crippen LogP contribution in [0.3, 0.4) is 0 Å². The average Bonchev–Trinajstić information content (AvgIpc) is 3.46. The number of ether oxygens (including phenoxy) is 1. The van der Waals surface area contributed by atoms with Crippen LogP contribution in [0.15, 0.2) is 36.7 Å². The molecule has 1 N–H and O–H groups in total. The summed E-state index contributed by atoms with van der Waals surface area (Å²) in [5, 5.41) is 18.7. The molecule has 3 heterocycles. The van der Waals surface area contributed by atoms with E-state index in [-0.39, 0.29) is 6.61 Å². The fourth-order valence-corrected chi connectivity index (χ4v) is 6.37. The number of nitrogens with zero attached hydrogens (tertiary/aromatic N) is 5. The third-order valence-electron chi connectivity index (χ3n) is 8.46. The van der Waals surface area contributed by atoms with Gasteiger partial charge in [-0.05, 0) is 56.2 Å². The summed E-state index contributed by atoms with van der Waals surface area (Å²) < 4.78 is 8.48. The second-order valence-corrected chi connectivity index (χ2v) is 11.3. The van der Waals surface area contributed by atoms with Crippen molar-refractivity contribution in [1.82, 2.24) is 19.3 Å². The molecule has 202 valence electrons. The summed E-state index contributed by atoms with van der Waals surface area (Å²) in [4.78, 5) is 12.3. The smallest absolute Gasteiger partial charge is 0.302 e. The van der Waals surface area contributed by atoms with Crippen molar-refractivity contribution in [2.24, 2.45) is 11.8 Å². The van der Waals surface area contributed by atoms with Crippen LogP contribution in [-0.4, -0.2) is 57.2 Å². The molecule has 1 aromatic carbocycles. The molecule has 5 rings (SSSR count). The normalized spacial score (nSPS) is 23.3. The fourth-order valence-electron chi connectivity index (χ4n) is 6.37. The maximum Gasteiger partial charge on any atom is 0.302 e. The molecule has 1 aliphatic heterocycles. The summed E-state index contributed by atoms with van der Waals surface area (Å²) >= 11 is 0. The number of β-amino-alcohol motifs (C(OH)–C–C–N with tert-alkyl or cyclic N) is 1. The summed E-state index contributed by atoms with van der Waals surface area (Å²) in [5.41, 5.74) is 4.75. The van der Waals surface area contributed by atoms with E-state index in [4.69, 9.17) is 14.7 Å². The van der Waals surface area contributed by atoms with Crippen LogP contribution in [0.5, 0.6) is 6.01 Å². The molecule has 0 amide bonds. The quantitative estimate of drug-likeness (QED) is 0.427. The zero-order valence-electron chi connectivity index (χ0n) is 22.7. The van der Waals surface area contributed by atoms with Gasteiger partial charge in [-0.25, -0.2) is 4.98 Å². The first-order valence-corrected chi connectivity index (χ1v) is 14.5. The molecule has 3 atom stereocenters. The maximum atomic E-state index is 9.36. The van der Waals surface area contributed by atoms with E-state index in [0.29, 0.717) is 30.0 Å². The van der Waals surface area contributed by atoms with Gasteiger partial charge in [-0.2, -0.15) is 10.2 Å². The molecule has 7 heteroatoms. The van der Waals surface area contributed by atoms with Crippen molar-refractivity contribution in [2.75, 3.05) is 32.8 Å². The van der Waals surface area contributed by atoms with Gasteiger partial charge in [0.15, 0.2) is 0 Å². The maximum absolute atomic E-state index is 9.36. The number of piperidine rings is 1. The van der Waals surface area contributed by atoms with E-state index < -0.39 is 0 Å². The molecule has 3 aromatic rings. The first-order chi connectivity index (χ1) is 18.7. The van der Waals surface area contributed by atoms with E-state index in [9.17, 15) is 10.4 Å². The number of benzene rings is 1. The molecule has 2 aliphatic rings. The minimum atomic E-state index is 0.195. The lowest BCUT2D eigenvalue weighted by atomic mass is 9.87. The second kappa shape index (κ2) is 12.7. The molecule has 38 heavy (non-hydrogen) atoms. The fraction of sp³-hybridized carbons (Fsp3) is 0.581. The average molecular weight is 516 g/mol. The predicted molar refractivity (Wildman–Crippen MR) is 149 cm³/mol. The van der Waals surface area contributed by atoms with Crippen LogP contribution in [-0.2, 0) is 0 Å². The molecular formula is C31H41N5O2. The van der Waals surface area contributed by atoms with Gasteiger partial charge in [0.2, 0.25) is 0 Å². The second-order valence-electron chi connectivity index (χ2n) is 11.3. The van der Waals surface area contributed by atoms with Gasteiger partial charge in [0.05, 0.1) is 30.5 Å². The topological polar surface area (TPSA) is 86.7 Å². The number of likely N-dealkylation sites (tertiary alicyclic amines) is 1. The van der Waals surface area contributed by atoms with E-state index >= 15 is 0 Å². The molecule has 1 saturated heterocycles. The van der Waals surface area contributed by atoms with Crippen LogP contribution >= 0.6 is 0 Å². The Hall–Kier alpha value is -2.95. The first-order valence-electron chi connectivity index (χ1n) is 14.5. The van der Waals surface area contributed by atoms with Crippen LogP contribution in [0.25, 0.3) is 16.9 Å². The van der Waals surface area contributed by atoms with E-state index in [1.165, 1.54) is 37.7 Å². The summed E-state index contributed by atoms with van der Waals surface area (Å²) in [6, 6.07) is 10.6. The highest BCUT2D eigenvalue weighted by Gasteiger charge is 2.26. The van der Waals surface area contributed by atoms with Crippen molar-refractivity contribution in [3.63, 3.8) is 0 Å². The summed E-state index contributed by atoms with van der Waals surface area (Å²) in [6.07, 6.45) is 14.7. The zero-order valence-corrected chi connectivity index (χ0v) is 22.7. The Labute approximate surface area is 226 Å².